The van der Waals surface area contributed by atoms with E-state index in [1.807, 2.05) is 11.8 Å². The van der Waals surface area contributed by atoms with Gasteiger partial charge in [0.05, 0.1) is 19.1 Å². The molecule has 1 amide bonds. The second-order valence-electron chi connectivity index (χ2n) is 4.77. The molecule has 17 heavy (non-hydrogen) atoms. The van der Waals surface area contributed by atoms with E-state index >= 15 is 0 Å². The molecule has 2 unspecified atom stereocenters. The second-order valence-corrected chi connectivity index (χ2v) is 4.77. The summed E-state index contributed by atoms with van der Waals surface area (Å²) >= 11 is 0. The molecule has 4 heteroatoms. The van der Waals surface area contributed by atoms with Crippen molar-refractivity contribution in [2.45, 2.75) is 58.1 Å². The number of amides is 1. The van der Waals surface area contributed by atoms with Gasteiger partial charge in [-0.25, -0.2) is 0 Å². The van der Waals surface area contributed by atoms with Gasteiger partial charge in [0, 0.05) is 19.2 Å². The SMILES string of the molecule is CCOCCC(=O)N1CCCCC1CC(C)O. The lowest BCUT2D eigenvalue weighted by molar-refractivity contribution is -0.136. The zero-order valence-electron chi connectivity index (χ0n) is 11.0. The average molecular weight is 243 g/mol. The Morgan fingerprint density at radius 2 is 2.29 bits per heavy atom. The summed E-state index contributed by atoms with van der Waals surface area (Å²) in [7, 11) is 0. The van der Waals surface area contributed by atoms with E-state index < -0.39 is 0 Å². The third kappa shape index (κ3) is 5.04. The third-order valence-corrected chi connectivity index (χ3v) is 3.23. The van der Waals surface area contributed by atoms with E-state index in [0.29, 0.717) is 26.1 Å². The van der Waals surface area contributed by atoms with E-state index in [1.54, 1.807) is 6.92 Å². The van der Waals surface area contributed by atoms with Crippen LogP contribution in [0.25, 0.3) is 0 Å². The Morgan fingerprint density at radius 3 is 2.94 bits per heavy atom. The van der Waals surface area contributed by atoms with Gasteiger partial charge in [0.2, 0.25) is 5.91 Å². The minimum Gasteiger partial charge on any atom is -0.393 e. The molecule has 0 aromatic heterocycles. The fourth-order valence-corrected chi connectivity index (χ4v) is 2.42. The molecule has 1 aliphatic heterocycles. The highest BCUT2D eigenvalue weighted by Gasteiger charge is 2.26. The Labute approximate surface area is 104 Å². The van der Waals surface area contributed by atoms with Crippen LogP contribution in [0.15, 0.2) is 0 Å². The lowest BCUT2D eigenvalue weighted by atomic mass is 9.97. The molecule has 1 heterocycles. The van der Waals surface area contributed by atoms with Crippen LogP contribution in [0, 0.1) is 0 Å². The molecule has 2 atom stereocenters. The van der Waals surface area contributed by atoms with Crippen LogP contribution in [0.3, 0.4) is 0 Å². The van der Waals surface area contributed by atoms with Gasteiger partial charge in [-0.15, -0.1) is 0 Å². The van der Waals surface area contributed by atoms with Crippen LogP contribution in [0.4, 0.5) is 0 Å². The molecule has 100 valence electrons. The van der Waals surface area contributed by atoms with Crippen molar-refractivity contribution in [2.24, 2.45) is 0 Å². The molecule has 1 N–H and O–H groups in total. The molecular formula is C13H25NO3. The summed E-state index contributed by atoms with van der Waals surface area (Å²) in [5.74, 6) is 0.170. The highest BCUT2D eigenvalue weighted by atomic mass is 16.5. The molecule has 1 fully saturated rings. The van der Waals surface area contributed by atoms with Crippen LogP contribution in [-0.4, -0.2) is 47.8 Å². The first-order valence-corrected chi connectivity index (χ1v) is 6.70. The van der Waals surface area contributed by atoms with Crippen molar-refractivity contribution >= 4 is 5.91 Å². The van der Waals surface area contributed by atoms with E-state index in [2.05, 4.69) is 0 Å². The van der Waals surface area contributed by atoms with Crippen molar-refractivity contribution in [1.82, 2.24) is 4.90 Å². The summed E-state index contributed by atoms with van der Waals surface area (Å²) in [5, 5.41) is 9.46. The summed E-state index contributed by atoms with van der Waals surface area (Å²) in [6, 6.07) is 0.220. The number of aliphatic hydroxyl groups excluding tert-OH is 1. The fourth-order valence-electron chi connectivity index (χ4n) is 2.42. The number of ether oxygens (including phenoxy) is 1. The topological polar surface area (TPSA) is 49.8 Å². The number of hydrogen-bond donors (Lipinski definition) is 1. The molecule has 1 rings (SSSR count). The summed E-state index contributed by atoms with van der Waals surface area (Å²) < 4.78 is 5.21. The van der Waals surface area contributed by atoms with Crippen molar-refractivity contribution in [3.05, 3.63) is 0 Å². The Balaban J connectivity index is 2.43. The number of aliphatic hydroxyl groups is 1. The molecular weight excluding hydrogens is 218 g/mol. The Hall–Kier alpha value is -0.610. The van der Waals surface area contributed by atoms with Crippen molar-refractivity contribution < 1.29 is 14.6 Å². The average Bonchev–Trinajstić information content (AvgIpc) is 2.29. The van der Waals surface area contributed by atoms with E-state index in [0.717, 1.165) is 25.8 Å². The Bertz CT molecular complexity index is 231. The number of likely N-dealkylation sites (tertiary alicyclic amines) is 1. The summed E-state index contributed by atoms with van der Waals surface area (Å²) in [4.78, 5) is 14.0. The molecule has 1 saturated heterocycles. The van der Waals surface area contributed by atoms with E-state index in [-0.39, 0.29) is 18.1 Å². The molecule has 0 aromatic carbocycles. The van der Waals surface area contributed by atoms with Gasteiger partial charge in [-0.3, -0.25) is 4.79 Å². The molecule has 1 aliphatic rings. The van der Waals surface area contributed by atoms with Gasteiger partial charge in [0.25, 0.3) is 0 Å². The lowest BCUT2D eigenvalue weighted by Crippen LogP contribution is -2.45. The Kier molecular flexibility index (Phi) is 6.52. The van der Waals surface area contributed by atoms with Crippen molar-refractivity contribution in [3.8, 4) is 0 Å². The normalized spacial score (nSPS) is 22.5. The van der Waals surface area contributed by atoms with Gasteiger partial charge in [-0.05, 0) is 39.5 Å². The molecule has 4 nitrogen and oxygen atoms in total. The molecule has 0 radical (unpaired) electrons. The van der Waals surface area contributed by atoms with Crippen LogP contribution in [0.1, 0.15) is 46.0 Å². The van der Waals surface area contributed by atoms with Crippen LogP contribution in [-0.2, 0) is 9.53 Å². The number of hydrogen-bond acceptors (Lipinski definition) is 3. The maximum absolute atomic E-state index is 12.0. The molecule has 0 saturated carbocycles. The highest BCUT2D eigenvalue weighted by molar-refractivity contribution is 5.76. The van der Waals surface area contributed by atoms with Crippen molar-refractivity contribution in [2.75, 3.05) is 19.8 Å². The largest absolute Gasteiger partial charge is 0.393 e. The quantitative estimate of drug-likeness (QED) is 0.720. The monoisotopic (exact) mass is 243 g/mol. The van der Waals surface area contributed by atoms with Gasteiger partial charge < -0.3 is 14.7 Å². The van der Waals surface area contributed by atoms with Crippen LogP contribution in [0.2, 0.25) is 0 Å². The standard InChI is InChI=1S/C13H25NO3/c1-3-17-9-7-13(16)14-8-5-4-6-12(14)10-11(2)15/h11-12,15H,3-10H2,1-2H3. The summed E-state index contributed by atoms with van der Waals surface area (Å²) in [6.45, 7) is 5.72. The molecule has 0 spiro atoms. The first-order chi connectivity index (χ1) is 8.15. The molecule has 0 aromatic rings. The maximum Gasteiger partial charge on any atom is 0.225 e. The van der Waals surface area contributed by atoms with Crippen LogP contribution < -0.4 is 0 Å². The number of piperidine rings is 1. The zero-order chi connectivity index (χ0) is 12.7. The second kappa shape index (κ2) is 7.67. The van der Waals surface area contributed by atoms with E-state index in [1.165, 1.54) is 0 Å². The minimum atomic E-state index is -0.333. The Morgan fingerprint density at radius 1 is 1.53 bits per heavy atom. The zero-order valence-corrected chi connectivity index (χ0v) is 11.0. The van der Waals surface area contributed by atoms with Crippen molar-refractivity contribution in [3.63, 3.8) is 0 Å². The number of carbonyl (C=O) groups excluding carboxylic acids is 1. The van der Waals surface area contributed by atoms with E-state index in [4.69, 9.17) is 4.74 Å². The lowest BCUT2D eigenvalue weighted by Gasteiger charge is -2.36. The molecule has 0 aliphatic carbocycles. The predicted molar refractivity (Wildman–Crippen MR) is 66.8 cm³/mol. The number of nitrogens with zero attached hydrogens (tertiary/aromatic N) is 1. The predicted octanol–water partition coefficient (Wildman–Crippen LogP) is 1.57. The summed E-state index contributed by atoms with van der Waals surface area (Å²) in [6.07, 6.45) is 4.08. The van der Waals surface area contributed by atoms with Gasteiger partial charge in [-0.2, -0.15) is 0 Å². The van der Waals surface area contributed by atoms with Gasteiger partial charge in [0.1, 0.15) is 0 Å². The smallest absolute Gasteiger partial charge is 0.225 e. The first kappa shape index (κ1) is 14.5. The minimum absolute atomic E-state index is 0.170. The highest BCUT2D eigenvalue weighted by Crippen LogP contribution is 2.21. The third-order valence-electron chi connectivity index (χ3n) is 3.23. The van der Waals surface area contributed by atoms with E-state index in [9.17, 15) is 9.90 Å². The first-order valence-electron chi connectivity index (χ1n) is 6.70. The number of rotatable bonds is 6. The van der Waals surface area contributed by atoms with Gasteiger partial charge >= 0.3 is 0 Å². The van der Waals surface area contributed by atoms with Gasteiger partial charge in [0.15, 0.2) is 0 Å². The number of carbonyl (C=O) groups is 1. The van der Waals surface area contributed by atoms with Crippen LogP contribution >= 0.6 is 0 Å². The van der Waals surface area contributed by atoms with Crippen molar-refractivity contribution in [1.29, 1.82) is 0 Å². The van der Waals surface area contributed by atoms with Crippen LogP contribution in [0.5, 0.6) is 0 Å². The van der Waals surface area contributed by atoms with Gasteiger partial charge in [-0.1, -0.05) is 0 Å². The maximum atomic E-state index is 12.0. The summed E-state index contributed by atoms with van der Waals surface area (Å²) in [5.41, 5.74) is 0. The fraction of sp³-hybridized carbons (Fsp3) is 0.923. The molecule has 0 bridgehead atoms.